The number of rotatable bonds is 6. The maximum atomic E-state index is 14.2. The second kappa shape index (κ2) is 9.25. The van der Waals surface area contributed by atoms with Crippen molar-refractivity contribution >= 4 is 17.3 Å². The summed E-state index contributed by atoms with van der Waals surface area (Å²) in [5.74, 6) is -0.794. The van der Waals surface area contributed by atoms with Crippen LogP contribution in [0.5, 0.6) is 0 Å². The van der Waals surface area contributed by atoms with Gasteiger partial charge in [-0.1, -0.05) is 19.9 Å². The van der Waals surface area contributed by atoms with Crippen LogP contribution >= 0.6 is 0 Å². The molecule has 0 radical (unpaired) electrons. The van der Waals surface area contributed by atoms with Gasteiger partial charge in [-0.15, -0.1) is 0 Å². The van der Waals surface area contributed by atoms with E-state index in [1.54, 1.807) is 18.5 Å². The van der Waals surface area contributed by atoms with Crippen molar-refractivity contribution in [2.75, 3.05) is 5.32 Å². The maximum absolute atomic E-state index is 14.2. The molecule has 0 spiro atoms. The average Bonchev–Trinajstić information content (AvgIpc) is 2.73. The molecule has 0 aliphatic carbocycles. The lowest BCUT2D eigenvalue weighted by Gasteiger charge is -2.21. The van der Waals surface area contributed by atoms with Crippen LogP contribution < -0.4 is 5.32 Å². The summed E-state index contributed by atoms with van der Waals surface area (Å²) in [6, 6.07) is 9.25. The summed E-state index contributed by atoms with van der Waals surface area (Å²) in [4.78, 5) is 21.1. The molecule has 5 nitrogen and oxygen atoms in total. The second-order valence-corrected chi connectivity index (χ2v) is 8.30. The predicted molar refractivity (Wildman–Crippen MR) is 121 cm³/mol. The molecule has 1 N–H and O–H groups in total. The average molecular weight is 422 g/mol. The first-order valence-electron chi connectivity index (χ1n) is 10.4. The molecule has 0 amide bonds. The highest BCUT2D eigenvalue weighted by Gasteiger charge is 2.21. The molecule has 3 rings (SSSR count). The Kier molecular flexibility index (Phi) is 6.68. The van der Waals surface area contributed by atoms with Crippen LogP contribution in [0.15, 0.2) is 48.9 Å². The third-order valence-electron chi connectivity index (χ3n) is 4.77. The Bertz CT molecular complexity index is 1090. The number of aromatic nitrogens is 2. The quantitative estimate of drug-likeness (QED) is 0.487. The van der Waals surface area contributed by atoms with Gasteiger partial charge in [-0.05, 0) is 69.0 Å². The fourth-order valence-corrected chi connectivity index (χ4v) is 3.24. The Hall–Kier alpha value is -3.28. The topological polar surface area (TPSA) is 64.1 Å². The van der Waals surface area contributed by atoms with Crippen molar-refractivity contribution in [1.29, 1.82) is 0 Å². The number of aryl methyl sites for hydroxylation is 2. The number of nitrogens with one attached hydrogen (secondary N) is 1. The number of hydrogen-bond acceptors (Lipinski definition) is 5. The second-order valence-electron chi connectivity index (χ2n) is 8.30. The van der Waals surface area contributed by atoms with Crippen molar-refractivity contribution < 1.29 is 13.9 Å². The first kappa shape index (κ1) is 22.4. The molecule has 0 atom stereocenters. The fraction of sp³-hybridized carbons (Fsp3) is 0.320. The van der Waals surface area contributed by atoms with Gasteiger partial charge < -0.3 is 10.1 Å². The van der Waals surface area contributed by atoms with E-state index in [0.29, 0.717) is 34.6 Å². The number of hydrogen-bond donors (Lipinski definition) is 1. The smallest absolute Gasteiger partial charge is 0.340 e. The normalized spacial score (nSPS) is 11.3. The zero-order valence-electron chi connectivity index (χ0n) is 18.6. The van der Waals surface area contributed by atoms with Crippen LogP contribution in [-0.4, -0.2) is 21.5 Å². The lowest BCUT2D eigenvalue weighted by atomic mass is 10.0. The van der Waals surface area contributed by atoms with E-state index < -0.39 is 11.4 Å². The van der Waals surface area contributed by atoms with E-state index in [9.17, 15) is 9.18 Å². The van der Waals surface area contributed by atoms with Gasteiger partial charge >= 0.3 is 5.97 Å². The highest BCUT2D eigenvalue weighted by molar-refractivity contribution is 5.97. The lowest BCUT2D eigenvalue weighted by molar-refractivity contribution is 0.00706. The van der Waals surface area contributed by atoms with Crippen molar-refractivity contribution in [1.82, 2.24) is 9.97 Å². The maximum Gasteiger partial charge on any atom is 0.340 e. The zero-order valence-corrected chi connectivity index (χ0v) is 18.6. The third kappa shape index (κ3) is 5.45. The first-order valence-corrected chi connectivity index (χ1v) is 10.4. The van der Waals surface area contributed by atoms with Crippen molar-refractivity contribution in [3.8, 4) is 11.3 Å². The highest BCUT2D eigenvalue weighted by Crippen LogP contribution is 2.29. The van der Waals surface area contributed by atoms with Gasteiger partial charge in [-0.25, -0.2) is 9.18 Å². The van der Waals surface area contributed by atoms with E-state index in [1.165, 1.54) is 6.20 Å². The molecule has 0 saturated heterocycles. The monoisotopic (exact) mass is 421 g/mol. The summed E-state index contributed by atoms with van der Waals surface area (Å²) >= 11 is 0. The van der Waals surface area contributed by atoms with Gasteiger partial charge in [0.05, 0.1) is 35.0 Å². The Balaban J connectivity index is 1.97. The van der Waals surface area contributed by atoms with Gasteiger partial charge in [0, 0.05) is 11.8 Å². The number of esters is 1. The Morgan fingerprint density at radius 3 is 2.52 bits per heavy atom. The summed E-state index contributed by atoms with van der Waals surface area (Å²) in [6.45, 7) is 9.56. The SMILES string of the molecule is CCc1ccc(Nc2cnc(-c3ccncc3F)c(CC)c2)c(C(=O)OC(C)(C)C)c1. The molecule has 0 bridgehead atoms. The largest absolute Gasteiger partial charge is 0.456 e. The predicted octanol–water partition coefficient (Wildman–Crippen LogP) is 6.11. The summed E-state index contributed by atoms with van der Waals surface area (Å²) in [5, 5.41) is 3.29. The van der Waals surface area contributed by atoms with Crippen LogP contribution in [0.4, 0.5) is 15.8 Å². The van der Waals surface area contributed by atoms with Gasteiger partial charge in [0.15, 0.2) is 5.82 Å². The number of halogens is 1. The molecule has 0 saturated carbocycles. The first-order chi connectivity index (χ1) is 14.7. The molecule has 2 heterocycles. The van der Waals surface area contributed by atoms with Crippen LogP contribution in [0.1, 0.15) is 56.1 Å². The molecular formula is C25H28FN3O2. The number of pyridine rings is 2. The van der Waals surface area contributed by atoms with E-state index in [4.69, 9.17) is 4.74 Å². The van der Waals surface area contributed by atoms with Gasteiger partial charge in [-0.2, -0.15) is 0 Å². The number of nitrogens with zero attached hydrogens (tertiary/aromatic N) is 2. The van der Waals surface area contributed by atoms with Crippen LogP contribution in [0, 0.1) is 5.82 Å². The number of ether oxygens (including phenoxy) is 1. The van der Waals surface area contributed by atoms with Crippen molar-refractivity contribution in [3.05, 3.63) is 71.4 Å². The van der Waals surface area contributed by atoms with E-state index in [1.807, 2.05) is 58.9 Å². The van der Waals surface area contributed by atoms with Crippen LogP contribution in [-0.2, 0) is 17.6 Å². The molecule has 162 valence electrons. The molecule has 2 aromatic heterocycles. The molecule has 1 aromatic carbocycles. The van der Waals surface area contributed by atoms with E-state index >= 15 is 0 Å². The highest BCUT2D eigenvalue weighted by atomic mass is 19.1. The van der Waals surface area contributed by atoms with Crippen LogP contribution in [0.25, 0.3) is 11.3 Å². The number of carbonyl (C=O) groups is 1. The van der Waals surface area contributed by atoms with E-state index in [-0.39, 0.29) is 5.97 Å². The summed E-state index contributed by atoms with van der Waals surface area (Å²) in [5.41, 5.74) is 4.16. The number of anilines is 2. The molecule has 0 fully saturated rings. The van der Waals surface area contributed by atoms with Gasteiger partial charge in [0.1, 0.15) is 5.60 Å². The molecule has 0 aliphatic heterocycles. The van der Waals surface area contributed by atoms with Gasteiger partial charge in [0.2, 0.25) is 0 Å². The minimum atomic E-state index is -0.593. The summed E-state index contributed by atoms with van der Waals surface area (Å²) in [6.07, 6.45) is 5.86. The Labute approximate surface area is 182 Å². The summed E-state index contributed by atoms with van der Waals surface area (Å²) in [7, 11) is 0. The van der Waals surface area contributed by atoms with E-state index in [2.05, 4.69) is 15.3 Å². The minimum absolute atomic E-state index is 0.385. The molecule has 31 heavy (non-hydrogen) atoms. The zero-order chi connectivity index (χ0) is 22.6. The standard InChI is InChI=1S/C25H28FN3O2/c1-6-16-8-9-22(20(12-16)24(30)31-25(3,4)5)29-18-13-17(7-2)23(28-14-18)19-10-11-27-15-21(19)26/h8-15,29H,6-7H2,1-5H3. The van der Waals surface area contributed by atoms with Crippen molar-refractivity contribution in [3.63, 3.8) is 0 Å². The molecule has 0 aliphatic rings. The fourth-order valence-electron chi connectivity index (χ4n) is 3.24. The van der Waals surface area contributed by atoms with Gasteiger partial charge in [0.25, 0.3) is 0 Å². The molecular weight excluding hydrogens is 393 g/mol. The molecule has 6 heteroatoms. The molecule has 0 unspecified atom stereocenters. The number of benzene rings is 1. The summed E-state index contributed by atoms with van der Waals surface area (Å²) < 4.78 is 19.8. The Morgan fingerprint density at radius 1 is 1.10 bits per heavy atom. The number of carbonyl (C=O) groups excluding carboxylic acids is 1. The third-order valence-corrected chi connectivity index (χ3v) is 4.77. The van der Waals surface area contributed by atoms with Crippen LogP contribution in [0.3, 0.4) is 0 Å². The van der Waals surface area contributed by atoms with Crippen molar-refractivity contribution in [2.45, 2.75) is 53.1 Å². The molecule has 3 aromatic rings. The Morgan fingerprint density at radius 2 is 1.87 bits per heavy atom. The minimum Gasteiger partial charge on any atom is -0.456 e. The lowest BCUT2D eigenvalue weighted by Crippen LogP contribution is -2.24. The van der Waals surface area contributed by atoms with Crippen LogP contribution in [0.2, 0.25) is 0 Å². The van der Waals surface area contributed by atoms with E-state index in [0.717, 1.165) is 17.5 Å². The van der Waals surface area contributed by atoms with Crippen molar-refractivity contribution in [2.24, 2.45) is 0 Å². The van der Waals surface area contributed by atoms with Gasteiger partial charge in [-0.3, -0.25) is 9.97 Å².